The van der Waals surface area contributed by atoms with E-state index < -0.39 is 6.04 Å². The highest BCUT2D eigenvalue weighted by molar-refractivity contribution is 7.09. The molecule has 1 N–H and O–H groups in total. The summed E-state index contributed by atoms with van der Waals surface area (Å²) in [5.41, 5.74) is 2.42. The van der Waals surface area contributed by atoms with Crippen molar-refractivity contribution in [1.29, 1.82) is 0 Å². The molecular formula is C24H31N3O2S. The molecule has 1 atom stereocenters. The fourth-order valence-corrected chi connectivity index (χ4v) is 4.65. The minimum absolute atomic E-state index is 0.230. The molecule has 0 aliphatic heterocycles. The van der Waals surface area contributed by atoms with Crippen molar-refractivity contribution < 1.29 is 9.59 Å². The molecule has 3 rings (SSSR count). The molecule has 0 aliphatic carbocycles. The van der Waals surface area contributed by atoms with Crippen LogP contribution in [0.1, 0.15) is 74.1 Å². The highest BCUT2D eigenvalue weighted by Gasteiger charge is 2.20. The topological polar surface area (TPSA) is 64.0 Å². The smallest absolute Gasteiger partial charge is 0.251 e. The zero-order valence-corrected chi connectivity index (χ0v) is 19.0. The fourth-order valence-electron chi connectivity index (χ4n) is 3.95. The Bertz CT molecular complexity index is 987. The summed E-state index contributed by atoms with van der Waals surface area (Å²) in [7, 11) is 0. The number of aldehydes is 1. The molecule has 0 unspecified atom stereocenters. The van der Waals surface area contributed by atoms with Gasteiger partial charge in [-0.2, -0.15) is 0 Å². The van der Waals surface area contributed by atoms with E-state index >= 15 is 0 Å². The molecule has 3 aromatic rings. The third-order valence-corrected chi connectivity index (χ3v) is 6.33. The summed E-state index contributed by atoms with van der Waals surface area (Å²) in [5, 5.41) is 4.93. The second-order valence-electron chi connectivity index (χ2n) is 8.17. The van der Waals surface area contributed by atoms with Gasteiger partial charge in [0.1, 0.15) is 12.1 Å². The first kappa shape index (κ1) is 22.2. The molecule has 0 radical (unpaired) electrons. The first-order chi connectivity index (χ1) is 14.5. The van der Waals surface area contributed by atoms with Crippen LogP contribution in [0.4, 0.5) is 0 Å². The lowest BCUT2D eigenvalue weighted by molar-refractivity contribution is -0.109. The normalized spacial score (nSPS) is 12.6. The van der Waals surface area contributed by atoms with Gasteiger partial charge >= 0.3 is 0 Å². The van der Waals surface area contributed by atoms with Crippen LogP contribution in [0.3, 0.4) is 0 Å². The Morgan fingerprint density at radius 3 is 2.60 bits per heavy atom. The summed E-state index contributed by atoms with van der Waals surface area (Å²) in [6, 6.07) is 9.77. The summed E-state index contributed by atoms with van der Waals surface area (Å²) in [5.74, 6) is 1.13. The maximum atomic E-state index is 12.7. The highest BCUT2D eigenvalue weighted by Crippen LogP contribution is 2.28. The molecule has 0 saturated heterocycles. The molecule has 2 aromatic heterocycles. The van der Waals surface area contributed by atoms with Gasteiger partial charge in [-0.15, -0.1) is 11.3 Å². The Morgan fingerprint density at radius 2 is 2.00 bits per heavy atom. The van der Waals surface area contributed by atoms with Gasteiger partial charge in [0.05, 0.1) is 17.1 Å². The number of hydrogen-bond acceptors (Lipinski definition) is 4. The van der Waals surface area contributed by atoms with Crippen molar-refractivity contribution in [3.05, 3.63) is 52.0 Å². The van der Waals surface area contributed by atoms with Crippen LogP contribution in [0.2, 0.25) is 0 Å². The molecule has 5 nitrogen and oxygen atoms in total. The summed E-state index contributed by atoms with van der Waals surface area (Å²) < 4.78 is 2.34. The minimum atomic E-state index is -0.468. The molecule has 2 heterocycles. The molecular weight excluding hydrogens is 394 g/mol. The van der Waals surface area contributed by atoms with E-state index in [9.17, 15) is 9.59 Å². The van der Waals surface area contributed by atoms with Gasteiger partial charge in [-0.1, -0.05) is 33.8 Å². The van der Waals surface area contributed by atoms with Crippen molar-refractivity contribution in [2.75, 3.05) is 0 Å². The lowest BCUT2D eigenvalue weighted by atomic mass is 10.0. The van der Waals surface area contributed by atoms with E-state index in [0.29, 0.717) is 23.9 Å². The van der Waals surface area contributed by atoms with E-state index in [0.717, 1.165) is 42.4 Å². The Balaban J connectivity index is 1.95. The van der Waals surface area contributed by atoms with Crippen molar-refractivity contribution in [3.63, 3.8) is 0 Å². The molecule has 1 aromatic carbocycles. The van der Waals surface area contributed by atoms with Gasteiger partial charge in [0.2, 0.25) is 0 Å². The van der Waals surface area contributed by atoms with Crippen LogP contribution in [0.25, 0.3) is 11.0 Å². The number of nitrogens with one attached hydrogen (secondary N) is 1. The molecule has 30 heavy (non-hydrogen) atoms. The number of imidazole rings is 1. The second-order valence-corrected chi connectivity index (χ2v) is 9.21. The molecule has 0 aliphatic rings. The molecule has 0 fully saturated rings. The van der Waals surface area contributed by atoms with Crippen molar-refractivity contribution in [2.24, 2.45) is 5.92 Å². The third-order valence-electron chi connectivity index (χ3n) is 5.45. The number of hydrogen-bond donors (Lipinski definition) is 1. The largest absolute Gasteiger partial charge is 0.343 e. The number of carbonyl (C=O) groups is 2. The van der Waals surface area contributed by atoms with Gasteiger partial charge in [-0.25, -0.2) is 4.98 Å². The number of thiophene rings is 1. The average molecular weight is 426 g/mol. The van der Waals surface area contributed by atoms with E-state index in [-0.39, 0.29) is 5.91 Å². The van der Waals surface area contributed by atoms with Gasteiger partial charge in [0, 0.05) is 22.9 Å². The third kappa shape index (κ3) is 4.98. The minimum Gasteiger partial charge on any atom is -0.343 e. The maximum absolute atomic E-state index is 12.7. The lowest BCUT2D eigenvalue weighted by Gasteiger charge is -2.19. The molecule has 0 spiro atoms. The Hall–Kier alpha value is -2.47. The first-order valence-electron chi connectivity index (χ1n) is 10.8. The van der Waals surface area contributed by atoms with Crippen LogP contribution < -0.4 is 5.32 Å². The average Bonchev–Trinajstić information content (AvgIpc) is 3.36. The Morgan fingerprint density at radius 1 is 1.23 bits per heavy atom. The molecule has 160 valence electrons. The predicted octanol–water partition coefficient (Wildman–Crippen LogP) is 5.39. The Labute approximate surface area is 182 Å². The van der Waals surface area contributed by atoms with Gasteiger partial charge < -0.3 is 14.7 Å². The van der Waals surface area contributed by atoms with E-state index in [1.807, 2.05) is 32.0 Å². The number of aromatic nitrogens is 2. The Kier molecular flexibility index (Phi) is 7.43. The van der Waals surface area contributed by atoms with Crippen molar-refractivity contribution >= 4 is 34.6 Å². The monoisotopic (exact) mass is 425 g/mol. The zero-order chi connectivity index (χ0) is 21.7. The van der Waals surface area contributed by atoms with Crippen LogP contribution in [-0.2, 0) is 11.2 Å². The summed E-state index contributed by atoms with van der Waals surface area (Å²) in [6.07, 6.45) is 4.28. The van der Waals surface area contributed by atoms with Gasteiger partial charge in [0.15, 0.2) is 0 Å². The number of rotatable bonds is 10. The summed E-state index contributed by atoms with van der Waals surface area (Å²) in [4.78, 5) is 30.3. The molecule has 0 saturated carbocycles. The fraction of sp³-hybridized carbons (Fsp3) is 0.458. The van der Waals surface area contributed by atoms with E-state index in [1.165, 1.54) is 4.88 Å². The SMILES string of the molecule is CCC(CC)n1c(Cc2cccs2)nc2cc(C(=O)N[C@H](C=O)CC(C)C)ccc21. The van der Waals surface area contributed by atoms with E-state index in [1.54, 1.807) is 11.3 Å². The van der Waals surface area contributed by atoms with Crippen LogP contribution in [-0.4, -0.2) is 27.8 Å². The molecule has 6 heteroatoms. The summed E-state index contributed by atoms with van der Waals surface area (Å²) in [6.45, 7) is 8.47. The molecule has 0 bridgehead atoms. The predicted molar refractivity (Wildman–Crippen MR) is 123 cm³/mol. The van der Waals surface area contributed by atoms with Crippen LogP contribution in [0.5, 0.6) is 0 Å². The van der Waals surface area contributed by atoms with Crippen LogP contribution >= 0.6 is 11.3 Å². The number of nitrogens with zero attached hydrogens (tertiary/aromatic N) is 2. The van der Waals surface area contributed by atoms with Crippen LogP contribution in [0.15, 0.2) is 35.7 Å². The number of benzene rings is 1. The lowest BCUT2D eigenvalue weighted by Crippen LogP contribution is -2.36. The standard InChI is InChI=1S/C24H31N3O2S/c1-5-19(6-2)27-22-10-9-17(24(29)25-18(15-28)12-16(3)4)13-21(22)26-23(27)14-20-8-7-11-30-20/h7-11,13,15-16,18-19H,5-6,12,14H2,1-4H3,(H,25,29)/t18-/m0/s1. The molecule has 1 amide bonds. The van der Waals surface area contributed by atoms with Gasteiger partial charge in [-0.05, 0) is 54.8 Å². The van der Waals surface area contributed by atoms with E-state index in [4.69, 9.17) is 4.98 Å². The summed E-state index contributed by atoms with van der Waals surface area (Å²) >= 11 is 1.73. The second kappa shape index (κ2) is 10.0. The first-order valence-corrected chi connectivity index (χ1v) is 11.6. The van der Waals surface area contributed by atoms with Crippen molar-refractivity contribution in [2.45, 2.75) is 65.5 Å². The number of carbonyl (C=O) groups excluding carboxylic acids is 2. The van der Waals surface area contributed by atoms with Gasteiger partial charge in [-0.3, -0.25) is 4.79 Å². The highest BCUT2D eigenvalue weighted by atomic mass is 32.1. The number of fused-ring (bicyclic) bond motifs is 1. The van der Waals surface area contributed by atoms with E-state index in [2.05, 4.69) is 41.2 Å². The maximum Gasteiger partial charge on any atom is 0.251 e. The van der Waals surface area contributed by atoms with Crippen molar-refractivity contribution in [3.8, 4) is 0 Å². The number of amides is 1. The van der Waals surface area contributed by atoms with Crippen LogP contribution in [0, 0.1) is 5.92 Å². The quantitative estimate of drug-likeness (QED) is 0.443. The zero-order valence-electron chi connectivity index (χ0n) is 18.2. The van der Waals surface area contributed by atoms with Crippen molar-refractivity contribution in [1.82, 2.24) is 14.9 Å². The van der Waals surface area contributed by atoms with Gasteiger partial charge in [0.25, 0.3) is 5.91 Å².